The van der Waals surface area contributed by atoms with Crippen molar-refractivity contribution in [2.24, 2.45) is 5.92 Å². The van der Waals surface area contributed by atoms with Crippen molar-refractivity contribution in [2.75, 3.05) is 6.54 Å². The molecule has 94 valence electrons. The van der Waals surface area contributed by atoms with Crippen LogP contribution in [0.4, 0.5) is 0 Å². The molecule has 2 rings (SSSR count). The van der Waals surface area contributed by atoms with Gasteiger partial charge in [0.25, 0.3) is 5.91 Å². The van der Waals surface area contributed by atoms with E-state index < -0.39 is 0 Å². The molecule has 1 aromatic rings. The molecule has 0 bridgehead atoms. The Hall–Kier alpha value is 0.380. The highest BCUT2D eigenvalue weighted by atomic mass is 127. The molecule has 1 fully saturated rings. The van der Waals surface area contributed by atoms with E-state index in [1.807, 2.05) is 11.4 Å². The van der Waals surface area contributed by atoms with Gasteiger partial charge in [0.05, 0.1) is 8.45 Å². The Morgan fingerprint density at radius 1 is 1.59 bits per heavy atom. The first-order valence-corrected chi connectivity index (χ1v) is 8.69. The summed E-state index contributed by atoms with van der Waals surface area (Å²) in [5.74, 6) is 0.704. The van der Waals surface area contributed by atoms with Gasteiger partial charge in [-0.05, 0) is 53.8 Å². The zero-order chi connectivity index (χ0) is 12.3. The zero-order valence-corrected chi connectivity index (χ0v) is 14.0. The first kappa shape index (κ1) is 13.8. The van der Waals surface area contributed by atoms with Gasteiger partial charge in [-0.15, -0.1) is 11.3 Å². The molecule has 17 heavy (non-hydrogen) atoms. The summed E-state index contributed by atoms with van der Waals surface area (Å²) in [6, 6.07) is 1.94. The lowest BCUT2D eigenvalue weighted by molar-refractivity contribution is 0.0944. The molecule has 1 amide bonds. The molecule has 1 aliphatic rings. The number of carbonyl (C=O) groups excluding carboxylic acids is 1. The van der Waals surface area contributed by atoms with E-state index in [0.717, 1.165) is 15.0 Å². The minimum Gasteiger partial charge on any atom is -0.352 e. The normalized spacial score (nSPS) is 24.6. The summed E-state index contributed by atoms with van der Waals surface area (Å²) in [5, 5.41) is 4.97. The van der Waals surface area contributed by atoms with Crippen LogP contribution < -0.4 is 5.32 Å². The van der Waals surface area contributed by atoms with Crippen LogP contribution in [0.15, 0.2) is 11.4 Å². The van der Waals surface area contributed by atoms with Gasteiger partial charge < -0.3 is 5.32 Å². The SMILES string of the molecule is O=C(NCC1CCCC(Br)C1)c1csc(I)c1. The highest BCUT2D eigenvalue weighted by Crippen LogP contribution is 2.28. The van der Waals surface area contributed by atoms with Gasteiger partial charge >= 0.3 is 0 Å². The van der Waals surface area contributed by atoms with Crippen LogP contribution in [0.3, 0.4) is 0 Å². The van der Waals surface area contributed by atoms with Crippen molar-refractivity contribution in [3.63, 3.8) is 0 Å². The maximum Gasteiger partial charge on any atom is 0.252 e. The fourth-order valence-corrected chi connectivity index (χ4v) is 4.36. The molecule has 0 saturated heterocycles. The summed E-state index contributed by atoms with van der Waals surface area (Å²) in [7, 11) is 0. The topological polar surface area (TPSA) is 29.1 Å². The van der Waals surface area contributed by atoms with Gasteiger partial charge in [-0.2, -0.15) is 0 Å². The fraction of sp³-hybridized carbons (Fsp3) is 0.583. The highest BCUT2D eigenvalue weighted by Gasteiger charge is 2.20. The second-order valence-corrected chi connectivity index (χ2v) is 8.58. The third kappa shape index (κ3) is 4.21. The third-order valence-electron chi connectivity index (χ3n) is 3.10. The molecule has 2 atom stereocenters. The van der Waals surface area contributed by atoms with E-state index in [1.165, 1.54) is 25.7 Å². The van der Waals surface area contributed by atoms with Crippen molar-refractivity contribution < 1.29 is 4.79 Å². The predicted molar refractivity (Wildman–Crippen MR) is 84.0 cm³/mol. The van der Waals surface area contributed by atoms with Crippen molar-refractivity contribution in [1.29, 1.82) is 0 Å². The number of thiophene rings is 1. The maximum atomic E-state index is 11.9. The van der Waals surface area contributed by atoms with E-state index in [9.17, 15) is 4.79 Å². The molecular formula is C12H15BrINOS. The number of amides is 1. The monoisotopic (exact) mass is 427 g/mol. The van der Waals surface area contributed by atoms with Gasteiger partial charge in [0.2, 0.25) is 0 Å². The number of alkyl halides is 1. The van der Waals surface area contributed by atoms with Gasteiger partial charge in [0.1, 0.15) is 0 Å². The lowest BCUT2D eigenvalue weighted by Gasteiger charge is -2.25. The van der Waals surface area contributed by atoms with Gasteiger partial charge in [0, 0.05) is 16.8 Å². The summed E-state index contributed by atoms with van der Waals surface area (Å²) in [4.78, 5) is 12.5. The van der Waals surface area contributed by atoms with Crippen molar-refractivity contribution in [3.8, 4) is 0 Å². The Kier molecular flexibility index (Phi) is 5.29. The van der Waals surface area contributed by atoms with Crippen molar-refractivity contribution in [1.82, 2.24) is 5.32 Å². The second-order valence-electron chi connectivity index (χ2n) is 4.48. The minimum atomic E-state index is 0.0702. The van der Waals surface area contributed by atoms with E-state index in [2.05, 4.69) is 43.8 Å². The average Bonchev–Trinajstić information content (AvgIpc) is 2.73. The van der Waals surface area contributed by atoms with Crippen LogP contribution in [-0.2, 0) is 0 Å². The Bertz CT molecular complexity index is 396. The van der Waals surface area contributed by atoms with Gasteiger partial charge in [-0.3, -0.25) is 4.79 Å². The number of hydrogen-bond donors (Lipinski definition) is 1. The third-order valence-corrected chi connectivity index (χ3v) is 5.72. The van der Waals surface area contributed by atoms with E-state index in [-0.39, 0.29) is 5.91 Å². The largest absolute Gasteiger partial charge is 0.352 e. The molecule has 1 saturated carbocycles. The molecule has 1 aliphatic carbocycles. The Labute approximate surface area is 128 Å². The van der Waals surface area contributed by atoms with Crippen LogP contribution in [0.2, 0.25) is 0 Å². The Morgan fingerprint density at radius 3 is 3.06 bits per heavy atom. The number of carbonyl (C=O) groups is 1. The molecule has 2 nitrogen and oxygen atoms in total. The summed E-state index contributed by atoms with van der Waals surface area (Å²) in [5.41, 5.74) is 0.797. The van der Waals surface area contributed by atoms with Crippen LogP contribution in [-0.4, -0.2) is 17.3 Å². The van der Waals surface area contributed by atoms with Gasteiger partial charge in [-0.25, -0.2) is 0 Å². The van der Waals surface area contributed by atoms with Crippen LogP contribution >= 0.6 is 49.9 Å². The quantitative estimate of drug-likeness (QED) is 0.572. The summed E-state index contributed by atoms with van der Waals surface area (Å²) >= 11 is 7.53. The predicted octanol–water partition coefficient (Wildman–Crippen LogP) is 4.04. The van der Waals surface area contributed by atoms with Crippen LogP contribution in [0.25, 0.3) is 0 Å². The molecule has 1 heterocycles. The Morgan fingerprint density at radius 2 is 2.41 bits per heavy atom. The molecular weight excluding hydrogens is 413 g/mol. The lowest BCUT2D eigenvalue weighted by Crippen LogP contribution is -2.31. The van der Waals surface area contributed by atoms with E-state index >= 15 is 0 Å². The first-order chi connectivity index (χ1) is 8.15. The summed E-state index contributed by atoms with van der Waals surface area (Å²) in [6.45, 7) is 0.813. The first-order valence-electron chi connectivity index (χ1n) is 5.81. The average molecular weight is 428 g/mol. The van der Waals surface area contributed by atoms with Gasteiger partial charge in [0.15, 0.2) is 0 Å². The zero-order valence-electron chi connectivity index (χ0n) is 9.42. The molecule has 0 aromatic carbocycles. The lowest BCUT2D eigenvalue weighted by atomic mass is 9.89. The van der Waals surface area contributed by atoms with E-state index in [1.54, 1.807) is 11.3 Å². The smallest absolute Gasteiger partial charge is 0.252 e. The van der Waals surface area contributed by atoms with Gasteiger partial charge in [-0.1, -0.05) is 22.4 Å². The molecule has 0 spiro atoms. The van der Waals surface area contributed by atoms with Crippen molar-refractivity contribution in [2.45, 2.75) is 30.5 Å². The number of halogens is 2. The molecule has 2 unspecified atom stereocenters. The molecule has 0 radical (unpaired) electrons. The molecule has 0 aliphatic heterocycles. The Balaban J connectivity index is 1.80. The molecule has 1 aromatic heterocycles. The van der Waals surface area contributed by atoms with Crippen molar-refractivity contribution >= 4 is 55.8 Å². The van der Waals surface area contributed by atoms with Crippen LogP contribution in [0, 0.1) is 8.80 Å². The number of hydrogen-bond acceptors (Lipinski definition) is 2. The fourth-order valence-electron chi connectivity index (χ4n) is 2.18. The van der Waals surface area contributed by atoms with Crippen LogP contribution in [0.1, 0.15) is 36.0 Å². The van der Waals surface area contributed by atoms with E-state index in [4.69, 9.17) is 0 Å². The van der Waals surface area contributed by atoms with Crippen molar-refractivity contribution in [3.05, 3.63) is 19.9 Å². The maximum absolute atomic E-state index is 11.9. The molecule has 5 heteroatoms. The number of rotatable bonds is 3. The summed E-state index contributed by atoms with van der Waals surface area (Å²) in [6.07, 6.45) is 4.96. The minimum absolute atomic E-state index is 0.0702. The van der Waals surface area contributed by atoms with E-state index in [0.29, 0.717) is 10.7 Å². The van der Waals surface area contributed by atoms with Crippen LogP contribution in [0.5, 0.6) is 0 Å². The molecule has 1 N–H and O–H groups in total. The number of nitrogens with one attached hydrogen (secondary N) is 1. The second kappa shape index (κ2) is 6.52. The summed E-state index contributed by atoms with van der Waals surface area (Å²) < 4.78 is 1.16. The highest BCUT2D eigenvalue weighted by molar-refractivity contribution is 14.1. The standard InChI is InChI=1S/C12H15BrINOS/c13-10-3-1-2-8(4-10)6-15-12(16)9-5-11(14)17-7-9/h5,7-8,10H,1-4,6H2,(H,15,16).